The number of fused-ring (bicyclic) bond motifs is 1. The Hall–Kier alpha value is -3.20. The Morgan fingerprint density at radius 3 is 3.10 bits per heavy atom. The highest BCUT2D eigenvalue weighted by molar-refractivity contribution is 5.75. The van der Waals surface area contributed by atoms with Crippen LogP contribution in [0.4, 0.5) is 0 Å². The molecule has 0 amide bonds. The van der Waals surface area contributed by atoms with Gasteiger partial charge >= 0.3 is 0 Å². The van der Waals surface area contributed by atoms with Crippen molar-refractivity contribution >= 4 is 10.9 Å². The fourth-order valence-electron chi connectivity index (χ4n) is 1.91. The van der Waals surface area contributed by atoms with Crippen molar-refractivity contribution in [3.05, 3.63) is 64.5 Å². The van der Waals surface area contributed by atoms with Crippen LogP contribution in [0.5, 0.6) is 5.75 Å². The molecule has 2 aromatic heterocycles. The second kappa shape index (κ2) is 5.43. The lowest BCUT2D eigenvalue weighted by molar-refractivity contribution is 0.296. The summed E-state index contributed by atoms with van der Waals surface area (Å²) >= 11 is 0. The number of benzene rings is 1. The van der Waals surface area contributed by atoms with E-state index in [0.717, 1.165) is 0 Å². The summed E-state index contributed by atoms with van der Waals surface area (Å²) in [5.74, 6) is 0.950. The van der Waals surface area contributed by atoms with Crippen molar-refractivity contribution in [2.75, 3.05) is 0 Å². The molecule has 6 nitrogen and oxygen atoms in total. The van der Waals surface area contributed by atoms with Gasteiger partial charge in [0.1, 0.15) is 18.2 Å². The van der Waals surface area contributed by atoms with Crippen LogP contribution >= 0.6 is 0 Å². The molecule has 1 aromatic carbocycles. The van der Waals surface area contributed by atoms with E-state index in [9.17, 15) is 4.79 Å². The number of pyridine rings is 1. The van der Waals surface area contributed by atoms with Crippen LogP contribution in [0.1, 0.15) is 11.4 Å². The topological polar surface area (TPSA) is 91.7 Å². The Morgan fingerprint density at radius 1 is 1.33 bits per heavy atom. The van der Waals surface area contributed by atoms with Gasteiger partial charge in [-0.1, -0.05) is 6.07 Å². The van der Waals surface area contributed by atoms with Crippen molar-refractivity contribution in [1.29, 1.82) is 5.26 Å². The maximum absolute atomic E-state index is 11.9. The molecule has 2 heterocycles. The van der Waals surface area contributed by atoms with E-state index >= 15 is 0 Å². The van der Waals surface area contributed by atoms with Gasteiger partial charge in [-0.2, -0.15) is 5.26 Å². The summed E-state index contributed by atoms with van der Waals surface area (Å²) in [6.07, 6.45) is 3.08. The first-order chi connectivity index (χ1) is 10.3. The highest BCUT2D eigenvalue weighted by Crippen LogP contribution is 2.14. The van der Waals surface area contributed by atoms with Gasteiger partial charge in [-0.05, 0) is 24.3 Å². The molecule has 0 bridgehead atoms. The van der Waals surface area contributed by atoms with Gasteiger partial charge in [-0.3, -0.25) is 9.78 Å². The maximum Gasteiger partial charge on any atom is 0.258 e. The molecule has 3 aromatic rings. The second-order valence-corrected chi connectivity index (χ2v) is 4.33. The number of nitrogens with zero attached hydrogens (tertiary/aromatic N) is 3. The van der Waals surface area contributed by atoms with Gasteiger partial charge < -0.3 is 9.72 Å². The summed E-state index contributed by atoms with van der Waals surface area (Å²) in [6, 6.07) is 10.4. The van der Waals surface area contributed by atoms with E-state index in [-0.39, 0.29) is 12.2 Å². The number of nitriles is 1. The zero-order valence-corrected chi connectivity index (χ0v) is 10.9. The van der Waals surface area contributed by atoms with E-state index in [1.807, 2.05) is 6.07 Å². The molecule has 0 aliphatic rings. The Kier molecular flexibility index (Phi) is 3.31. The smallest absolute Gasteiger partial charge is 0.258 e. The minimum absolute atomic E-state index is 0.106. The van der Waals surface area contributed by atoms with Gasteiger partial charge in [0.15, 0.2) is 0 Å². The number of ether oxygens (including phenoxy) is 1. The first-order valence-corrected chi connectivity index (χ1v) is 6.22. The Labute approximate surface area is 119 Å². The van der Waals surface area contributed by atoms with Crippen molar-refractivity contribution in [3.63, 3.8) is 0 Å². The van der Waals surface area contributed by atoms with Crippen LogP contribution in [0.3, 0.4) is 0 Å². The van der Waals surface area contributed by atoms with E-state index in [4.69, 9.17) is 10.00 Å². The number of H-pyrrole nitrogens is 1. The van der Waals surface area contributed by atoms with E-state index in [1.54, 1.807) is 36.5 Å². The van der Waals surface area contributed by atoms with Crippen LogP contribution < -0.4 is 10.3 Å². The molecule has 0 atom stereocenters. The predicted molar refractivity (Wildman–Crippen MR) is 75.6 cm³/mol. The minimum atomic E-state index is -0.230. The zero-order chi connectivity index (χ0) is 14.7. The number of hydrogen-bond acceptors (Lipinski definition) is 5. The SMILES string of the molecule is N#Cc1cccc(OCc2nc3cnccc3c(=O)[nH]2)c1. The summed E-state index contributed by atoms with van der Waals surface area (Å²) in [5, 5.41) is 9.32. The molecule has 0 spiro atoms. The molecule has 21 heavy (non-hydrogen) atoms. The fourth-order valence-corrected chi connectivity index (χ4v) is 1.91. The second-order valence-electron chi connectivity index (χ2n) is 4.33. The molecular weight excluding hydrogens is 268 g/mol. The number of aromatic amines is 1. The Balaban J connectivity index is 1.85. The third kappa shape index (κ3) is 2.72. The third-order valence-electron chi connectivity index (χ3n) is 2.90. The van der Waals surface area contributed by atoms with Crippen molar-refractivity contribution < 1.29 is 4.74 Å². The number of nitrogens with one attached hydrogen (secondary N) is 1. The maximum atomic E-state index is 11.9. The van der Waals surface area contributed by atoms with Crippen molar-refractivity contribution in [3.8, 4) is 11.8 Å². The van der Waals surface area contributed by atoms with Gasteiger partial charge in [0.25, 0.3) is 5.56 Å². The molecule has 0 aliphatic heterocycles. The van der Waals surface area contributed by atoms with Crippen LogP contribution in [0.2, 0.25) is 0 Å². The molecule has 0 unspecified atom stereocenters. The van der Waals surface area contributed by atoms with Gasteiger partial charge in [0, 0.05) is 6.20 Å². The predicted octanol–water partition coefficient (Wildman–Crippen LogP) is 1.77. The lowest BCUT2D eigenvalue weighted by atomic mass is 10.2. The molecule has 0 radical (unpaired) electrons. The third-order valence-corrected chi connectivity index (χ3v) is 2.90. The van der Waals surface area contributed by atoms with Gasteiger partial charge in [-0.25, -0.2) is 4.98 Å². The number of hydrogen-bond donors (Lipinski definition) is 1. The summed E-state index contributed by atoms with van der Waals surface area (Å²) in [5.41, 5.74) is 0.800. The highest BCUT2D eigenvalue weighted by atomic mass is 16.5. The largest absolute Gasteiger partial charge is 0.486 e. The number of rotatable bonds is 3. The van der Waals surface area contributed by atoms with Gasteiger partial charge in [-0.15, -0.1) is 0 Å². The Morgan fingerprint density at radius 2 is 2.24 bits per heavy atom. The lowest BCUT2D eigenvalue weighted by Gasteiger charge is -2.06. The lowest BCUT2D eigenvalue weighted by Crippen LogP contribution is -2.13. The summed E-state index contributed by atoms with van der Waals surface area (Å²) in [7, 11) is 0. The monoisotopic (exact) mass is 278 g/mol. The minimum Gasteiger partial charge on any atom is -0.486 e. The molecule has 0 saturated heterocycles. The van der Waals surface area contributed by atoms with Crippen molar-refractivity contribution in [1.82, 2.24) is 15.0 Å². The van der Waals surface area contributed by atoms with Crippen LogP contribution in [-0.2, 0) is 6.61 Å². The molecular formula is C15H10N4O2. The van der Waals surface area contributed by atoms with Crippen LogP contribution in [0, 0.1) is 11.3 Å². The summed E-state index contributed by atoms with van der Waals surface area (Å²) in [4.78, 5) is 22.8. The molecule has 6 heteroatoms. The van der Waals surface area contributed by atoms with Crippen molar-refractivity contribution in [2.24, 2.45) is 0 Å². The van der Waals surface area contributed by atoms with Gasteiger partial charge in [0.2, 0.25) is 0 Å². The van der Waals surface area contributed by atoms with E-state index in [1.165, 1.54) is 6.20 Å². The average Bonchev–Trinajstić information content (AvgIpc) is 2.53. The molecule has 0 aliphatic carbocycles. The quantitative estimate of drug-likeness (QED) is 0.788. The first kappa shape index (κ1) is 12.8. The summed E-state index contributed by atoms with van der Waals surface area (Å²) in [6.45, 7) is 0.106. The molecule has 1 N–H and O–H groups in total. The van der Waals surface area contributed by atoms with Crippen LogP contribution in [0.15, 0.2) is 47.5 Å². The van der Waals surface area contributed by atoms with Crippen molar-refractivity contribution in [2.45, 2.75) is 6.61 Å². The van der Waals surface area contributed by atoms with Crippen LogP contribution in [-0.4, -0.2) is 15.0 Å². The molecule has 0 fully saturated rings. The first-order valence-electron chi connectivity index (χ1n) is 6.22. The standard InChI is InChI=1S/C15H10N4O2/c16-7-10-2-1-3-11(6-10)21-9-14-18-13-8-17-5-4-12(13)15(20)19-14/h1-6,8H,9H2,(H,18,19,20). The normalized spacial score (nSPS) is 10.2. The van der Waals surface area contributed by atoms with Gasteiger partial charge in [0.05, 0.1) is 28.7 Å². The molecule has 102 valence electrons. The fraction of sp³-hybridized carbons (Fsp3) is 0.0667. The van der Waals surface area contributed by atoms with Crippen LogP contribution in [0.25, 0.3) is 10.9 Å². The average molecular weight is 278 g/mol. The molecule has 3 rings (SSSR count). The van der Waals surface area contributed by atoms with E-state index in [0.29, 0.717) is 28.0 Å². The summed E-state index contributed by atoms with van der Waals surface area (Å²) < 4.78 is 5.53. The van der Waals surface area contributed by atoms with E-state index < -0.39 is 0 Å². The number of aromatic nitrogens is 3. The Bertz CT molecular complexity index is 896. The van der Waals surface area contributed by atoms with E-state index in [2.05, 4.69) is 15.0 Å². The highest BCUT2D eigenvalue weighted by Gasteiger charge is 2.04. The molecule has 0 saturated carbocycles. The zero-order valence-electron chi connectivity index (χ0n) is 10.9.